The highest BCUT2D eigenvalue weighted by Gasteiger charge is 2.34. The molecule has 1 atom stereocenters. The first kappa shape index (κ1) is 24.9. The summed E-state index contributed by atoms with van der Waals surface area (Å²) in [5, 5.41) is 5.18. The molecule has 1 heterocycles. The van der Waals surface area contributed by atoms with Crippen molar-refractivity contribution in [2.45, 2.75) is 50.0 Å². The van der Waals surface area contributed by atoms with E-state index in [-0.39, 0.29) is 17.5 Å². The Kier molecular flexibility index (Phi) is 8.57. The van der Waals surface area contributed by atoms with Crippen LogP contribution in [-0.4, -0.2) is 50.2 Å². The molecular weight excluding hydrogens is 445 g/mol. The lowest BCUT2D eigenvalue weighted by Gasteiger charge is -2.35. The van der Waals surface area contributed by atoms with Crippen molar-refractivity contribution in [1.82, 2.24) is 14.9 Å². The SMILES string of the molecule is Cc1cc(F)ccc1S(=O)(=O)N1CCCC[C@@H]1CCNC(=O)C(=O)NCCc1ccccc1. The van der Waals surface area contributed by atoms with E-state index >= 15 is 0 Å². The van der Waals surface area contributed by atoms with E-state index in [9.17, 15) is 22.4 Å². The Balaban J connectivity index is 1.51. The third-order valence-electron chi connectivity index (χ3n) is 5.81. The topological polar surface area (TPSA) is 95.6 Å². The molecule has 2 aromatic carbocycles. The minimum atomic E-state index is -3.79. The second-order valence-corrected chi connectivity index (χ2v) is 10.1. The van der Waals surface area contributed by atoms with Gasteiger partial charge in [0.25, 0.3) is 0 Å². The van der Waals surface area contributed by atoms with Crippen LogP contribution < -0.4 is 10.6 Å². The first-order valence-corrected chi connectivity index (χ1v) is 12.6. The van der Waals surface area contributed by atoms with E-state index < -0.39 is 27.7 Å². The number of amides is 2. The number of aryl methyl sites for hydroxylation is 1. The molecule has 0 saturated carbocycles. The molecule has 0 aliphatic carbocycles. The van der Waals surface area contributed by atoms with Gasteiger partial charge in [0.05, 0.1) is 4.90 Å². The third kappa shape index (κ3) is 6.61. The van der Waals surface area contributed by atoms with Gasteiger partial charge < -0.3 is 10.6 Å². The van der Waals surface area contributed by atoms with E-state index in [0.29, 0.717) is 37.9 Å². The lowest BCUT2D eigenvalue weighted by atomic mass is 10.0. The van der Waals surface area contributed by atoms with Gasteiger partial charge >= 0.3 is 11.8 Å². The van der Waals surface area contributed by atoms with E-state index in [1.165, 1.54) is 16.4 Å². The summed E-state index contributed by atoms with van der Waals surface area (Å²) < 4.78 is 41.3. The lowest BCUT2D eigenvalue weighted by Crippen LogP contribution is -2.46. The molecular formula is C24H30FN3O4S. The third-order valence-corrected chi connectivity index (χ3v) is 7.92. The fourth-order valence-electron chi connectivity index (χ4n) is 4.09. The summed E-state index contributed by atoms with van der Waals surface area (Å²) in [7, 11) is -3.79. The lowest BCUT2D eigenvalue weighted by molar-refractivity contribution is -0.139. The Hall–Kier alpha value is -2.78. The Morgan fingerprint density at radius 2 is 1.73 bits per heavy atom. The second kappa shape index (κ2) is 11.4. The Morgan fingerprint density at radius 1 is 1.03 bits per heavy atom. The van der Waals surface area contributed by atoms with Gasteiger partial charge in [0, 0.05) is 25.7 Å². The van der Waals surface area contributed by atoms with Crippen LogP contribution in [0.25, 0.3) is 0 Å². The van der Waals surface area contributed by atoms with Gasteiger partial charge in [-0.05, 0) is 61.9 Å². The number of carbonyl (C=O) groups excluding carboxylic acids is 2. The van der Waals surface area contributed by atoms with Crippen LogP contribution in [0.5, 0.6) is 0 Å². The van der Waals surface area contributed by atoms with Gasteiger partial charge in [0.15, 0.2) is 0 Å². The predicted molar refractivity (Wildman–Crippen MR) is 123 cm³/mol. The van der Waals surface area contributed by atoms with Crippen molar-refractivity contribution >= 4 is 21.8 Å². The molecule has 2 N–H and O–H groups in total. The maximum absolute atomic E-state index is 13.4. The molecule has 7 nitrogen and oxygen atoms in total. The van der Waals surface area contributed by atoms with Crippen molar-refractivity contribution in [2.75, 3.05) is 19.6 Å². The van der Waals surface area contributed by atoms with Crippen molar-refractivity contribution in [2.24, 2.45) is 0 Å². The summed E-state index contributed by atoms with van der Waals surface area (Å²) in [6, 6.07) is 13.0. The molecule has 0 spiro atoms. The van der Waals surface area contributed by atoms with E-state index in [2.05, 4.69) is 10.6 Å². The number of hydrogen-bond acceptors (Lipinski definition) is 4. The smallest absolute Gasteiger partial charge is 0.309 e. The quantitative estimate of drug-likeness (QED) is 0.574. The number of hydrogen-bond donors (Lipinski definition) is 2. The van der Waals surface area contributed by atoms with Crippen LogP contribution in [-0.2, 0) is 26.0 Å². The Morgan fingerprint density at radius 3 is 2.42 bits per heavy atom. The maximum Gasteiger partial charge on any atom is 0.309 e. The average molecular weight is 476 g/mol. The van der Waals surface area contributed by atoms with Crippen LogP contribution in [0, 0.1) is 12.7 Å². The number of halogens is 1. The van der Waals surface area contributed by atoms with Crippen molar-refractivity contribution in [3.05, 3.63) is 65.5 Å². The zero-order valence-electron chi connectivity index (χ0n) is 18.7. The fraction of sp³-hybridized carbons (Fsp3) is 0.417. The number of piperidine rings is 1. The van der Waals surface area contributed by atoms with Gasteiger partial charge in [0.2, 0.25) is 10.0 Å². The van der Waals surface area contributed by atoms with Gasteiger partial charge in [-0.2, -0.15) is 4.31 Å². The summed E-state index contributed by atoms with van der Waals surface area (Å²) in [5.41, 5.74) is 1.42. The molecule has 178 valence electrons. The van der Waals surface area contributed by atoms with Crippen LogP contribution in [0.2, 0.25) is 0 Å². The van der Waals surface area contributed by atoms with Gasteiger partial charge in [-0.25, -0.2) is 12.8 Å². The highest BCUT2D eigenvalue weighted by atomic mass is 32.2. The van der Waals surface area contributed by atoms with Gasteiger partial charge in [-0.1, -0.05) is 36.8 Å². The molecule has 1 aliphatic heterocycles. The molecule has 1 fully saturated rings. The zero-order valence-corrected chi connectivity index (χ0v) is 19.5. The number of benzene rings is 2. The summed E-state index contributed by atoms with van der Waals surface area (Å²) >= 11 is 0. The molecule has 2 aromatic rings. The van der Waals surface area contributed by atoms with E-state index in [1.54, 1.807) is 6.92 Å². The van der Waals surface area contributed by atoms with E-state index in [0.717, 1.165) is 24.5 Å². The highest BCUT2D eigenvalue weighted by molar-refractivity contribution is 7.89. The number of sulfonamides is 1. The number of nitrogens with one attached hydrogen (secondary N) is 2. The predicted octanol–water partition coefficient (Wildman–Crippen LogP) is 2.54. The molecule has 33 heavy (non-hydrogen) atoms. The minimum Gasteiger partial charge on any atom is -0.348 e. The molecule has 3 rings (SSSR count). The van der Waals surface area contributed by atoms with Gasteiger partial charge in [-0.15, -0.1) is 0 Å². The van der Waals surface area contributed by atoms with Crippen molar-refractivity contribution in [1.29, 1.82) is 0 Å². The van der Waals surface area contributed by atoms with Crippen LogP contribution in [0.15, 0.2) is 53.4 Å². The van der Waals surface area contributed by atoms with Crippen LogP contribution in [0.3, 0.4) is 0 Å². The molecule has 0 bridgehead atoms. The summed E-state index contributed by atoms with van der Waals surface area (Å²) in [6.07, 6.45) is 3.30. The van der Waals surface area contributed by atoms with Crippen LogP contribution in [0.4, 0.5) is 4.39 Å². The van der Waals surface area contributed by atoms with Crippen molar-refractivity contribution < 1.29 is 22.4 Å². The molecule has 0 radical (unpaired) electrons. The Labute approximate surface area is 194 Å². The monoisotopic (exact) mass is 475 g/mol. The standard InChI is InChI=1S/C24H30FN3O4S/c1-18-17-20(25)10-11-22(18)33(31,32)28-16-6-5-9-21(28)13-15-27-24(30)23(29)26-14-12-19-7-3-2-4-8-19/h2-4,7-8,10-11,17,21H,5-6,9,12-16H2,1H3,(H,26,29)(H,27,30)/t21-/m1/s1. The normalized spacial score (nSPS) is 16.8. The summed E-state index contributed by atoms with van der Waals surface area (Å²) in [5.74, 6) is -1.92. The van der Waals surface area contributed by atoms with Crippen LogP contribution >= 0.6 is 0 Å². The molecule has 2 amide bonds. The number of nitrogens with zero attached hydrogens (tertiary/aromatic N) is 1. The van der Waals surface area contributed by atoms with Crippen molar-refractivity contribution in [3.63, 3.8) is 0 Å². The zero-order chi connectivity index (χ0) is 23.8. The first-order chi connectivity index (χ1) is 15.8. The van der Waals surface area contributed by atoms with Gasteiger partial charge in [-0.3, -0.25) is 9.59 Å². The summed E-state index contributed by atoms with van der Waals surface area (Å²) in [6.45, 7) is 2.48. The molecule has 9 heteroatoms. The van der Waals surface area contributed by atoms with E-state index in [4.69, 9.17) is 0 Å². The van der Waals surface area contributed by atoms with E-state index in [1.807, 2.05) is 30.3 Å². The summed E-state index contributed by atoms with van der Waals surface area (Å²) in [4.78, 5) is 24.2. The first-order valence-electron chi connectivity index (χ1n) is 11.2. The molecule has 1 saturated heterocycles. The largest absolute Gasteiger partial charge is 0.348 e. The fourth-order valence-corrected chi connectivity index (χ4v) is 6.02. The number of rotatable bonds is 8. The van der Waals surface area contributed by atoms with Crippen LogP contribution in [0.1, 0.15) is 36.8 Å². The highest BCUT2D eigenvalue weighted by Crippen LogP contribution is 2.28. The molecule has 0 aromatic heterocycles. The van der Waals surface area contributed by atoms with Gasteiger partial charge in [0.1, 0.15) is 5.82 Å². The number of carbonyl (C=O) groups is 2. The molecule has 0 unspecified atom stereocenters. The minimum absolute atomic E-state index is 0.0950. The molecule has 1 aliphatic rings. The second-order valence-electron chi connectivity index (χ2n) is 8.21. The van der Waals surface area contributed by atoms with Crippen molar-refractivity contribution in [3.8, 4) is 0 Å². The average Bonchev–Trinajstić information content (AvgIpc) is 2.79. The Bertz CT molecular complexity index is 1080. The maximum atomic E-state index is 13.4.